The second-order valence-corrected chi connectivity index (χ2v) is 4.06. The predicted octanol–water partition coefficient (Wildman–Crippen LogP) is 3.66. The van der Waals surface area contributed by atoms with E-state index in [9.17, 15) is 13.2 Å². The van der Waals surface area contributed by atoms with Crippen molar-refractivity contribution in [2.45, 2.75) is 52.3 Å². The first-order valence-corrected chi connectivity index (χ1v) is 5.27. The van der Waals surface area contributed by atoms with E-state index < -0.39 is 12.6 Å². The molecule has 0 aromatic heterocycles. The van der Waals surface area contributed by atoms with Gasteiger partial charge in [0.05, 0.1) is 0 Å². The average Bonchev–Trinajstić information content (AvgIpc) is 2.07. The van der Waals surface area contributed by atoms with Crippen molar-refractivity contribution in [1.29, 1.82) is 0 Å². The topological polar surface area (TPSA) is 12.0 Å². The summed E-state index contributed by atoms with van der Waals surface area (Å²) in [7, 11) is 0. The van der Waals surface area contributed by atoms with Gasteiger partial charge >= 0.3 is 6.18 Å². The quantitative estimate of drug-likeness (QED) is 0.535. The van der Waals surface area contributed by atoms with Crippen molar-refractivity contribution >= 4 is 0 Å². The summed E-state index contributed by atoms with van der Waals surface area (Å²) in [6, 6.07) is 0.425. The highest BCUT2D eigenvalue weighted by molar-refractivity contribution is 4.98. The molecule has 0 aliphatic rings. The number of hydrogen-bond acceptors (Lipinski definition) is 1. The zero-order chi connectivity index (χ0) is 11.9. The van der Waals surface area contributed by atoms with Crippen molar-refractivity contribution in [3.8, 4) is 0 Å². The molecule has 0 aliphatic carbocycles. The van der Waals surface area contributed by atoms with E-state index in [1.807, 2.05) is 19.9 Å². The number of halogens is 3. The summed E-state index contributed by atoms with van der Waals surface area (Å²) in [5.74, 6) is 0. The minimum atomic E-state index is -4.04. The molecule has 1 nitrogen and oxygen atoms in total. The van der Waals surface area contributed by atoms with E-state index >= 15 is 0 Å². The van der Waals surface area contributed by atoms with Crippen LogP contribution in [0.15, 0.2) is 11.6 Å². The third kappa shape index (κ3) is 11.4. The van der Waals surface area contributed by atoms with Gasteiger partial charge in [0, 0.05) is 12.5 Å². The maximum Gasteiger partial charge on any atom is 0.389 e. The first-order valence-electron chi connectivity index (χ1n) is 5.27. The molecule has 0 fully saturated rings. The third-order valence-corrected chi connectivity index (χ3v) is 1.99. The minimum Gasteiger partial charge on any atom is -0.314 e. The molecule has 4 heteroatoms. The van der Waals surface area contributed by atoms with Crippen LogP contribution in [0, 0.1) is 0 Å². The molecule has 0 spiro atoms. The molecule has 0 saturated carbocycles. The Hall–Kier alpha value is -0.510. The Morgan fingerprint density at radius 2 is 1.93 bits per heavy atom. The highest BCUT2D eigenvalue weighted by atomic mass is 19.4. The first kappa shape index (κ1) is 14.5. The van der Waals surface area contributed by atoms with Crippen LogP contribution in [-0.2, 0) is 0 Å². The van der Waals surface area contributed by atoms with E-state index in [0.717, 1.165) is 18.5 Å². The molecule has 0 heterocycles. The van der Waals surface area contributed by atoms with Gasteiger partial charge in [-0.3, -0.25) is 0 Å². The summed E-state index contributed by atoms with van der Waals surface area (Å²) >= 11 is 0. The lowest BCUT2D eigenvalue weighted by Crippen LogP contribution is -2.23. The summed E-state index contributed by atoms with van der Waals surface area (Å²) in [6.07, 6.45) is -1.97. The predicted molar refractivity (Wildman–Crippen MR) is 56.8 cm³/mol. The van der Waals surface area contributed by atoms with E-state index in [0.29, 0.717) is 6.04 Å². The normalized spacial score (nSPS) is 13.7. The standard InChI is InChI=1S/C11H20F3N/c1-9(2)15-8-4-5-10(3)6-7-11(12,13)14/h5,9,15H,4,6-8H2,1-3H3. The van der Waals surface area contributed by atoms with Crippen molar-refractivity contribution < 1.29 is 13.2 Å². The van der Waals surface area contributed by atoms with Gasteiger partial charge in [-0.25, -0.2) is 0 Å². The van der Waals surface area contributed by atoms with Gasteiger partial charge in [0.25, 0.3) is 0 Å². The molecule has 0 aliphatic heterocycles. The number of alkyl halides is 3. The molecule has 90 valence electrons. The van der Waals surface area contributed by atoms with Crippen LogP contribution in [0.4, 0.5) is 13.2 Å². The Morgan fingerprint density at radius 3 is 2.40 bits per heavy atom. The van der Waals surface area contributed by atoms with E-state index in [-0.39, 0.29) is 6.42 Å². The average molecular weight is 223 g/mol. The van der Waals surface area contributed by atoms with Crippen LogP contribution in [0.2, 0.25) is 0 Å². The van der Waals surface area contributed by atoms with Gasteiger partial charge in [-0.15, -0.1) is 0 Å². The lowest BCUT2D eigenvalue weighted by Gasteiger charge is -2.07. The number of nitrogens with one attached hydrogen (secondary N) is 1. The van der Waals surface area contributed by atoms with Crippen LogP contribution in [0.25, 0.3) is 0 Å². The van der Waals surface area contributed by atoms with Gasteiger partial charge in [0.1, 0.15) is 0 Å². The van der Waals surface area contributed by atoms with Gasteiger partial charge in [-0.2, -0.15) is 13.2 Å². The Kier molecular flexibility index (Phi) is 6.65. The zero-order valence-electron chi connectivity index (χ0n) is 9.62. The zero-order valence-corrected chi connectivity index (χ0v) is 9.62. The van der Waals surface area contributed by atoms with Crippen LogP contribution >= 0.6 is 0 Å². The molecule has 0 radical (unpaired) electrons. The second kappa shape index (κ2) is 6.88. The SMILES string of the molecule is CC(=CCCNC(C)C)CCC(F)(F)F. The summed E-state index contributed by atoms with van der Waals surface area (Å²) in [6.45, 7) is 6.66. The maximum absolute atomic E-state index is 11.9. The molecule has 0 amide bonds. The highest BCUT2D eigenvalue weighted by Crippen LogP contribution is 2.23. The molecular weight excluding hydrogens is 203 g/mol. The molecular formula is C11H20F3N. The smallest absolute Gasteiger partial charge is 0.314 e. The Labute approximate surface area is 89.7 Å². The molecule has 0 unspecified atom stereocenters. The molecule has 0 aromatic rings. The summed E-state index contributed by atoms with van der Waals surface area (Å²) < 4.78 is 35.6. The molecule has 15 heavy (non-hydrogen) atoms. The van der Waals surface area contributed by atoms with Crippen molar-refractivity contribution in [3.05, 3.63) is 11.6 Å². The summed E-state index contributed by atoms with van der Waals surface area (Å²) in [5, 5.41) is 3.21. The Bertz CT molecular complexity index is 194. The van der Waals surface area contributed by atoms with Crippen LogP contribution in [-0.4, -0.2) is 18.8 Å². The monoisotopic (exact) mass is 223 g/mol. The first-order chi connectivity index (χ1) is 6.81. The highest BCUT2D eigenvalue weighted by Gasteiger charge is 2.26. The van der Waals surface area contributed by atoms with E-state index in [1.54, 1.807) is 6.92 Å². The fourth-order valence-corrected chi connectivity index (χ4v) is 1.13. The van der Waals surface area contributed by atoms with Crippen molar-refractivity contribution in [1.82, 2.24) is 5.32 Å². The van der Waals surface area contributed by atoms with Crippen LogP contribution in [0.3, 0.4) is 0 Å². The fourth-order valence-electron chi connectivity index (χ4n) is 1.13. The van der Waals surface area contributed by atoms with Gasteiger partial charge in [-0.05, 0) is 26.3 Å². The summed E-state index contributed by atoms with van der Waals surface area (Å²) in [4.78, 5) is 0. The van der Waals surface area contributed by atoms with E-state index in [2.05, 4.69) is 5.32 Å². The molecule has 0 rings (SSSR count). The third-order valence-electron chi connectivity index (χ3n) is 1.99. The van der Waals surface area contributed by atoms with Crippen molar-refractivity contribution in [2.75, 3.05) is 6.54 Å². The van der Waals surface area contributed by atoms with Crippen molar-refractivity contribution in [3.63, 3.8) is 0 Å². The van der Waals surface area contributed by atoms with E-state index in [1.165, 1.54) is 0 Å². The van der Waals surface area contributed by atoms with Crippen LogP contribution in [0.5, 0.6) is 0 Å². The lowest BCUT2D eigenvalue weighted by molar-refractivity contribution is -0.133. The second-order valence-electron chi connectivity index (χ2n) is 4.06. The Morgan fingerprint density at radius 1 is 1.33 bits per heavy atom. The number of rotatable bonds is 6. The molecule has 0 aromatic carbocycles. The molecule has 0 saturated heterocycles. The number of allylic oxidation sites excluding steroid dienone is 1. The Balaban J connectivity index is 3.61. The lowest BCUT2D eigenvalue weighted by atomic mass is 10.1. The molecule has 0 atom stereocenters. The molecule has 1 N–H and O–H groups in total. The van der Waals surface area contributed by atoms with Gasteiger partial charge in [-0.1, -0.05) is 25.5 Å². The van der Waals surface area contributed by atoms with Gasteiger partial charge in [0.15, 0.2) is 0 Å². The number of hydrogen-bond donors (Lipinski definition) is 1. The van der Waals surface area contributed by atoms with Crippen LogP contribution < -0.4 is 5.32 Å². The van der Waals surface area contributed by atoms with Gasteiger partial charge < -0.3 is 5.32 Å². The maximum atomic E-state index is 11.9. The van der Waals surface area contributed by atoms with Crippen molar-refractivity contribution in [2.24, 2.45) is 0 Å². The minimum absolute atomic E-state index is 0.116. The largest absolute Gasteiger partial charge is 0.389 e. The molecule has 0 bridgehead atoms. The fraction of sp³-hybridized carbons (Fsp3) is 0.818. The summed E-state index contributed by atoms with van der Waals surface area (Å²) in [5.41, 5.74) is 0.817. The van der Waals surface area contributed by atoms with Crippen LogP contribution in [0.1, 0.15) is 40.0 Å². The van der Waals surface area contributed by atoms with Gasteiger partial charge in [0.2, 0.25) is 0 Å². The van der Waals surface area contributed by atoms with E-state index in [4.69, 9.17) is 0 Å².